The summed E-state index contributed by atoms with van der Waals surface area (Å²) in [6.45, 7) is 3.91. The Morgan fingerprint density at radius 2 is 1.87 bits per heavy atom. The van der Waals surface area contributed by atoms with Gasteiger partial charge in [0, 0.05) is 24.6 Å². The molecule has 1 aliphatic carbocycles. The number of nitrogens with zero attached hydrogens (tertiary/aromatic N) is 1. The zero-order valence-electron chi connectivity index (χ0n) is 13.3. The quantitative estimate of drug-likeness (QED) is 0.633. The molecule has 0 N–H and O–H groups in total. The molecule has 1 spiro atoms. The largest absolute Gasteiger partial charge is 0.463 e. The SMILES string of the molecule is CCOC(=O)C=C1CC2(C1)CN(C(=O)OCc1ccccc1)C2. The Bertz CT molecular complexity index is 607. The second-order valence-electron chi connectivity index (χ2n) is 6.30. The zero-order chi connectivity index (χ0) is 16.3. The van der Waals surface area contributed by atoms with Crippen LogP contribution < -0.4 is 0 Å². The van der Waals surface area contributed by atoms with E-state index in [1.807, 2.05) is 30.3 Å². The number of ether oxygens (including phenoxy) is 2. The number of likely N-dealkylation sites (tertiary alicyclic amines) is 1. The molecule has 0 bridgehead atoms. The smallest absolute Gasteiger partial charge is 0.410 e. The van der Waals surface area contributed by atoms with Crippen LogP contribution in [0.2, 0.25) is 0 Å². The maximum absolute atomic E-state index is 12.0. The molecule has 2 fully saturated rings. The van der Waals surface area contributed by atoms with E-state index in [9.17, 15) is 9.59 Å². The van der Waals surface area contributed by atoms with Gasteiger partial charge in [-0.1, -0.05) is 35.9 Å². The molecule has 23 heavy (non-hydrogen) atoms. The molecule has 1 heterocycles. The van der Waals surface area contributed by atoms with Crippen molar-refractivity contribution in [2.75, 3.05) is 19.7 Å². The summed E-state index contributed by atoms with van der Waals surface area (Å²) < 4.78 is 10.2. The van der Waals surface area contributed by atoms with E-state index in [0.717, 1.165) is 24.0 Å². The van der Waals surface area contributed by atoms with Gasteiger partial charge in [0.2, 0.25) is 0 Å². The van der Waals surface area contributed by atoms with E-state index in [1.54, 1.807) is 17.9 Å². The molecule has 1 aromatic carbocycles. The number of rotatable bonds is 4. The molecule has 3 rings (SSSR count). The minimum absolute atomic E-state index is 0.157. The lowest BCUT2D eigenvalue weighted by Gasteiger charge is -2.56. The number of allylic oxidation sites excluding steroid dienone is 1. The van der Waals surface area contributed by atoms with Crippen LogP contribution in [0, 0.1) is 5.41 Å². The molecular formula is C18H21NO4. The minimum atomic E-state index is -0.268. The van der Waals surface area contributed by atoms with Crippen molar-refractivity contribution < 1.29 is 19.1 Å². The highest BCUT2D eigenvalue weighted by molar-refractivity contribution is 5.83. The van der Waals surface area contributed by atoms with Crippen molar-refractivity contribution in [1.82, 2.24) is 4.90 Å². The highest BCUT2D eigenvalue weighted by Crippen LogP contribution is 2.51. The van der Waals surface area contributed by atoms with Crippen molar-refractivity contribution in [1.29, 1.82) is 0 Å². The molecule has 1 aliphatic heterocycles. The van der Waals surface area contributed by atoms with Gasteiger partial charge in [0.25, 0.3) is 0 Å². The monoisotopic (exact) mass is 315 g/mol. The average Bonchev–Trinajstić information content (AvgIpc) is 2.47. The van der Waals surface area contributed by atoms with Crippen molar-refractivity contribution in [2.24, 2.45) is 5.41 Å². The molecule has 0 radical (unpaired) electrons. The molecular weight excluding hydrogens is 294 g/mol. The molecule has 1 amide bonds. The molecule has 122 valence electrons. The van der Waals surface area contributed by atoms with Crippen molar-refractivity contribution in [3.05, 3.63) is 47.5 Å². The van der Waals surface area contributed by atoms with Crippen LogP contribution in [0.25, 0.3) is 0 Å². The van der Waals surface area contributed by atoms with Crippen LogP contribution in [0.15, 0.2) is 42.0 Å². The van der Waals surface area contributed by atoms with E-state index in [0.29, 0.717) is 26.3 Å². The van der Waals surface area contributed by atoms with Gasteiger partial charge in [-0.2, -0.15) is 0 Å². The standard InChI is InChI=1S/C18H21NO4/c1-2-22-16(20)8-15-9-18(10-15)12-19(13-18)17(21)23-11-14-6-4-3-5-7-14/h3-8H,2,9-13H2,1H3. The van der Waals surface area contributed by atoms with E-state index in [1.165, 1.54) is 0 Å². The van der Waals surface area contributed by atoms with E-state index >= 15 is 0 Å². The van der Waals surface area contributed by atoms with Crippen LogP contribution >= 0.6 is 0 Å². The first-order chi connectivity index (χ1) is 11.1. The molecule has 0 unspecified atom stereocenters. The summed E-state index contributed by atoms with van der Waals surface area (Å²) >= 11 is 0. The number of hydrogen-bond acceptors (Lipinski definition) is 4. The summed E-state index contributed by atoms with van der Waals surface area (Å²) in [5.74, 6) is -0.268. The highest BCUT2D eigenvalue weighted by atomic mass is 16.6. The Morgan fingerprint density at radius 3 is 2.52 bits per heavy atom. The fourth-order valence-corrected chi connectivity index (χ4v) is 3.29. The summed E-state index contributed by atoms with van der Waals surface area (Å²) in [5.41, 5.74) is 2.25. The van der Waals surface area contributed by atoms with Gasteiger partial charge in [0.1, 0.15) is 6.61 Å². The van der Waals surface area contributed by atoms with Crippen LogP contribution in [0.1, 0.15) is 25.3 Å². The van der Waals surface area contributed by atoms with Gasteiger partial charge < -0.3 is 14.4 Å². The fourth-order valence-electron chi connectivity index (χ4n) is 3.29. The first kappa shape index (κ1) is 15.6. The van der Waals surface area contributed by atoms with Gasteiger partial charge in [-0.15, -0.1) is 0 Å². The first-order valence-electron chi connectivity index (χ1n) is 7.92. The lowest BCUT2D eigenvalue weighted by molar-refractivity contribution is -0.137. The van der Waals surface area contributed by atoms with Gasteiger partial charge in [0.05, 0.1) is 6.61 Å². The van der Waals surface area contributed by atoms with Crippen molar-refractivity contribution in [3.63, 3.8) is 0 Å². The van der Waals surface area contributed by atoms with E-state index in [4.69, 9.17) is 9.47 Å². The third-order valence-electron chi connectivity index (χ3n) is 4.33. The van der Waals surface area contributed by atoms with Crippen LogP contribution in [-0.4, -0.2) is 36.7 Å². The number of benzene rings is 1. The lowest BCUT2D eigenvalue weighted by atomic mass is 9.61. The fraction of sp³-hybridized carbons (Fsp3) is 0.444. The topological polar surface area (TPSA) is 55.8 Å². The van der Waals surface area contributed by atoms with Gasteiger partial charge in [-0.25, -0.2) is 9.59 Å². The molecule has 1 saturated carbocycles. The summed E-state index contributed by atoms with van der Waals surface area (Å²) in [5, 5.41) is 0. The van der Waals surface area contributed by atoms with E-state index in [-0.39, 0.29) is 17.5 Å². The molecule has 2 aliphatic rings. The summed E-state index contributed by atoms with van der Waals surface area (Å²) in [6.07, 6.45) is 3.07. The van der Waals surface area contributed by atoms with Gasteiger partial charge in [-0.05, 0) is 25.3 Å². The van der Waals surface area contributed by atoms with Gasteiger partial charge in [-0.3, -0.25) is 0 Å². The average molecular weight is 315 g/mol. The summed E-state index contributed by atoms with van der Waals surface area (Å²) in [7, 11) is 0. The summed E-state index contributed by atoms with van der Waals surface area (Å²) in [6, 6.07) is 9.65. The second kappa shape index (κ2) is 6.44. The van der Waals surface area contributed by atoms with Gasteiger partial charge >= 0.3 is 12.1 Å². The predicted octanol–water partition coefficient (Wildman–Crippen LogP) is 2.91. The van der Waals surface area contributed by atoms with Crippen LogP contribution in [0.4, 0.5) is 4.79 Å². The number of amides is 1. The number of esters is 1. The van der Waals surface area contributed by atoms with Crippen molar-refractivity contribution in [2.45, 2.75) is 26.4 Å². The van der Waals surface area contributed by atoms with Crippen molar-refractivity contribution in [3.8, 4) is 0 Å². The first-order valence-corrected chi connectivity index (χ1v) is 7.92. The zero-order valence-corrected chi connectivity index (χ0v) is 13.3. The molecule has 1 aromatic rings. The van der Waals surface area contributed by atoms with Crippen LogP contribution in [0.5, 0.6) is 0 Å². The maximum Gasteiger partial charge on any atom is 0.410 e. The Labute approximate surface area is 135 Å². The van der Waals surface area contributed by atoms with E-state index in [2.05, 4.69) is 0 Å². The predicted molar refractivity (Wildman–Crippen MR) is 84.6 cm³/mol. The normalized spacial score (nSPS) is 18.0. The van der Waals surface area contributed by atoms with Crippen LogP contribution in [0.3, 0.4) is 0 Å². The Morgan fingerprint density at radius 1 is 1.17 bits per heavy atom. The maximum atomic E-state index is 12.0. The minimum Gasteiger partial charge on any atom is -0.463 e. The molecule has 5 nitrogen and oxygen atoms in total. The number of carbonyl (C=O) groups excluding carboxylic acids is 2. The second-order valence-corrected chi connectivity index (χ2v) is 6.30. The Hall–Kier alpha value is -2.30. The summed E-state index contributed by atoms with van der Waals surface area (Å²) in [4.78, 5) is 25.1. The van der Waals surface area contributed by atoms with Gasteiger partial charge in [0.15, 0.2) is 0 Å². The molecule has 5 heteroatoms. The number of carbonyl (C=O) groups is 2. The van der Waals surface area contributed by atoms with Crippen molar-refractivity contribution >= 4 is 12.1 Å². The molecule has 0 atom stereocenters. The molecule has 1 saturated heterocycles. The highest BCUT2D eigenvalue weighted by Gasteiger charge is 2.52. The Balaban J connectivity index is 1.40. The lowest BCUT2D eigenvalue weighted by Crippen LogP contribution is -2.62. The number of hydrogen-bond donors (Lipinski definition) is 0. The Kier molecular flexibility index (Phi) is 4.37. The third kappa shape index (κ3) is 3.55. The third-order valence-corrected chi connectivity index (χ3v) is 4.33. The van der Waals surface area contributed by atoms with Crippen LogP contribution in [-0.2, 0) is 20.9 Å². The molecule has 0 aromatic heterocycles. The van der Waals surface area contributed by atoms with E-state index < -0.39 is 0 Å².